The van der Waals surface area contributed by atoms with E-state index in [4.69, 9.17) is 16.6 Å². The minimum Gasteiger partial charge on any atom is -0.367 e. The Labute approximate surface area is 174 Å². The molecule has 0 spiro atoms. The summed E-state index contributed by atoms with van der Waals surface area (Å²) in [7, 11) is 0. The number of allylic oxidation sites excluding steroid dienone is 4. The van der Waals surface area contributed by atoms with Crippen LogP contribution >= 0.6 is 22.9 Å². The zero-order valence-electron chi connectivity index (χ0n) is 15.7. The summed E-state index contributed by atoms with van der Waals surface area (Å²) in [6.07, 6.45) is 18.6. The zero-order chi connectivity index (χ0) is 18.9. The molecular weight excluding hydrogens is 388 g/mol. The predicted molar refractivity (Wildman–Crippen MR) is 118 cm³/mol. The average Bonchev–Trinajstić information content (AvgIpc) is 3.30. The van der Waals surface area contributed by atoms with Gasteiger partial charge in [0.05, 0.1) is 10.7 Å². The van der Waals surface area contributed by atoms with E-state index in [2.05, 4.69) is 38.3 Å². The van der Waals surface area contributed by atoms with Crippen LogP contribution in [-0.2, 0) is 0 Å². The van der Waals surface area contributed by atoms with Gasteiger partial charge >= 0.3 is 0 Å². The summed E-state index contributed by atoms with van der Waals surface area (Å²) < 4.78 is 2.30. The van der Waals surface area contributed by atoms with Crippen LogP contribution in [-0.4, -0.2) is 20.4 Å². The number of aromatic nitrogens is 3. The molecule has 28 heavy (non-hydrogen) atoms. The Bertz CT molecular complexity index is 1060. The maximum atomic E-state index is 6.50. The number of rotatable bonds is 4. The van der Waals surface area contributed by atoms with E-state index < -0.39 is 0 Å². The van der Waals surface area contributed by atoms with Crippen molar-refractivity contribution in [3.05, 3.63) is 52.8 Å². The first-order chi connectivity index (χ1) is 13.8. The Morgan fingerprint density at radius 1 is 1.21 bits per heavy atom. The summed E-state index contributed by atoms with van der Waals surface area (Å²) in [6, 6.07) is 2.45. The second-order valence-electron chi connectivity index (χ2n) is 7.54. The maximum absolute atomic E-state index is 6.50. The molecule has 1 saturated carbocycles. The first kappa shape index (κ1) is 18.0. The van der Waals surface area contributed by atoms with Crippen molar-refractivity contribution in [1.29, 1.82) is 0 Å². The highest BCUT2D eigenvalue weighted by Gasteiger charge is 2.24. The molecule has 2 aliphatic carbocycles. The topological polar surface area (TPSA) is 42.2 Å². The quantitative estimate of drug-likeness (QED) is 0.527. The lowest BCUT2D eigenvalue weighted by atomic mass is 9.95. The molecular formula is C22H23ClN4S. The van der Waals surface area contributed by atoms with Crippen LogP contribution in [0.25, 0.3) is 21.8 Å². The van der Waals surface area contributed by atoms with Gasteiger partial charge in [-0.25, -0.2) is 4.98 Å². The van der Waals surface area contributed by atoms with Crippen molar-refractivity contribution in [3.8, 4) is 11.3 Å². The van der Waals surface area contributed by atoms with Gasteiger partial charge in [-0.2, -0.15) is 0 Å². The van der Waals surface area contributed by atoms with Gasteiger partial charge in [0, 0.05) is 29.4 Å². The SMILES string of the molecule is Clc1cnccc1-c1nc2scc(C3=CC=CCC3)n2c1NC1CCCCC1. The van der Waals surface area contributed by atoms with E-state index in [0.717, 1.165) is 34.9 Å². The highest BCUT2D eigenvalue weighted by atomic mass is 35.5. The third-order valence-electron chi connectivity index (χ3n) is 5.68. The van der Waals surface area contributed by atoms with E-state index in [1.54, 1.807) is 23.7 Å². The zero-order valence-corrected chi connectivity index (χ0v) is 17.3. The molecule has 0 amide bonds. The van der Waals surface area contributed by atoms with Crippen LogP contribution in [0.3, 0.4) is 0 Å². The number of imidazole rings is 1. The van der Waals surface area contributed by atoms with Crippen LogP contribution in [0.1, 0.15) is 50.6 Å². The van der Waals surface area contributed by atoms with Crippen LogP contribution < -0.4 is 5.32 Å². The molecule has 0 unspecified atom stereocenters. The van der Waals surface area contributed by atoms with Gasteiger partial charge in [0.25, 0.3) is 0 Å². The number of hydrogen-bond donors (Lipinski definition) is 1. The minimum atomic E-state index is 0.487. The number of thiazole rings is 1. The van der Waals surface area contributed by atoms with Crippen molar-refractivity contribution in [2.75, 3.05) is 5.32 Å². The van der Waals surface area contributed by atoms with Crippen LogP contribution in [0.2, 0.25) is 5.02 Å². The molecule has 3 aromatic heterocycles. The largest absolute Gasteiger partial charge is 0.367 e. The fourth-order valence-electron chi connectivity index (χ4n) is 4.23. The maximum Gasteiger partial charge on any atom is 0.196 e. The van der Waals surface area contributed by atoms with Crippen molar-refractivity contribution in [1.82, 2.24) is 14.4 Å². The van der Waals surface area contributed by atoms with Gasteiger partial charge < -0.3 is 5.32 Å². The van der Waals surface area contributed by atoms with Gasteiger partial charge in [-0.1, -0.05) is 49.1 Å². The first-order valence-corrected chi connectivity index (χ1v) is 11.3. The molecule has 144 valence electrons. The number of halogens is 1. The number of nitrogens with zero attached hydrogens (tertiary/aromatic N) is 3. The lowest BCUT2D eigenvalue weighted by Crippen LogP contribution is -2.23. The third-order valence-corrected chi connectivity index (χ3v) is 6.81. The summed E-state index contributed by atoms with van der Waals surface area (Å²) in [5.41, 5.74) is 4.48. The van der Waals surface area contributed by atoms with Gasteiger partial charge in [-0.3, -0.25) is 9.38 Å². The van der Waals surface area contributed by atoms with Crippen molar-refractivity contribution in [2.45, 2.75) is 51.0 Å². The lowest BCUT2D eigenvalue weighted by Gasteiger charge is -2.24. The molecule has 2 aliphatic rings. The molecule has 6 heteroatoms. The molecule has 0 saturated heterocycles. The van der Waals surface area contributed by atoms with Gasteiger partial charge in [0.15, 0.2) is 4.96 Å². The molecule has 5 rings (SSSR count). The molecule has 4 nitrogen and oxygen atoms in total. The van der Waals surface area contributed by atoms with E-state index in [0.29, 0.717) is 11.1 Å². The van der Waals surface area contributed by atoms with Crippen LogP contribution in [0.5, 0.6) is 0 Å². The normalized spacial score (nSPS) is 17.8. The van der Waals surface area contributed by atoms with Crippen molar-refractivity contribution in [3.63, 3.8) is 0 Å². The Morgan fingerprint density at radius 3 is 2.89 bits per heavy atom. The van der Waals surface area contributed by atoms with E-state index in [9.17, 15) is 0 Å². The second-order valence-corrected chi connectivity index (χ2v) is 8.79. The van der Waals surface area contributed by atoms with Crippen LogP contribution in [0, 0.1) is 0 Å². The van der Waals surface area contributed by atoms with Gasteiger partial charge in [-0.05, 0) is 37.3 Å². The van der Waals surface area contributed by atoms with Gasteiger partial charge in [-0.15, -0.1) is 11.3 Å². The average molecular weight is 411 g/mol. The minimum absolute atomic E-state index is 0.487. The molecule has 0 aromatic carbocycles. The fraction of sp³-hybridized carbons (Fsp3) is 0.364. The lowest BCUT2D eigenvalue weighted by molar-refractivity contribution is 0.461. The summed E-state index contributed by atoms with van der Waals surface area (Å²) in [6.45, 7) is 0. The number of fused-ring (bicyclic) bond motifs is 1. The molecule has 1 N–H and O–H groups in total. The summed E-state index contributed by atoms with van der Waals surface area (Å²) in [5.74, 6) is 1.07. The van der Waals surface area contributed by atoms with E-state index in [1.165, 1.54) is 43.4 Å². The number of pyridine rings is 1. The summed E-state index contributed by atoms with van der Waals surface area (Å²) >= 11 is 8.19. The smallest absolute Gasteiger partial charge is 0.196 e. The Kier molecular flexibility index (Phi) is 4.95. The van der Waals surface area contributed by atoms with Crippen molar-refractivity contribution in [2.24, 2.45) is 0 Å². The monoisotopic (exact) mass is 410 g/mol. The standard InChI is InChI=1S/C22H23ClN4S/c23-18-13-24-12-11-17(18)20-21(25-16-9-5-2-6-10-16)27-19(14-28-22(27)26-20)15-7-3-1-4-8-15/h1,3,7,11-14,16,25H,2,4-6,8-10H2. The number of hydrogen-bond acceptors (Lipinski definition) is 4. The summed E-state index contributed by atoms with van der Waals surface area (Å²) in [5, 5.41) is 6.72. The second kappa shape index (κ2) is 7.72. The molecule has 3 heterocycles. The Hall–Kier alpha value is -2.11. The number of anilines is 1. The number of nitrogens with one attached hydrogen (secondary N) is 1. The molecule has 0 aliphatic heterocycles. The Morgan fingerprint density at radius 2 is 2.11 bits per heavy atom. The molecule has 0 bridgehead atoms. The fourth-order valence-corrected chi connectivity index (χ4v) is 5.35. The first-order valence-electron chi connectivity index (χ1n) is 10.0. The van der Waals surface area contributed by atoms with Crippen LogP contribution in [0.4, 0.5) is 5.82 Å². The van der Waals surface area contributed by atoms with E-state index in [1.807, 2.05) is 6.07 Å². The van der Waals surface area contributed by atoms with Crippen LogP contribution in [0.15, 0.2) is 42.1 Å². The highest BCUT2D eigenvalue weighted by molar-refractivity contribution is 7.15. The van der Waals surface area contributed by atoms with Crippen molar-refractivity contribution < 1.29 is 0 Å². The third kappa shape index (κ3) is 3.27. The van der Waals surface area contributed by atoms with E-state index >= 15 is 0 Å². The van der Waals surface area contributed by atoms with Gasteiger partial charge in [0.1, 0.15) is 11.5 Å². The van der Waals surface area contributed by atoms with E-state index in [-0.39, 0.29) is 0 Å². The Balaban J connectivity index is 1.67. The highest BCUT2D eigenvalue weighted by Crippen LogP contribution is 2.39. The molecule has 0 radical (unpaired) electrons. The predicted octanol–water partition coefficient (Wildman–Crippen LogP) is 6.59. The summed E-state index contributed by atoms with van der Waals surface area (Å²) in [4.78, 5) is 10.1. The molecule has 0 atom stereocenters. The molecule has 3 aromatic rings. The molecule has 1 fully saturated rings. The van der Waals surface area contributed by atoms with Crippen molar-refractivity contribution >= 4 is 39.3 Å². The van der Waals surface area contributed by atoms with Gasteiger partial charge in [0.2, 0.25) is 0 Å².